The van der Waals surface area contributed by atoms with Gasteiger partial charge >= 0.3 is 5.97 Å². The predicted molar refractivity (Wildman–Crippen MR) is 134 cm³/mol. The summed E-state index contributed by atoms with van der Waals surface area (Å²) in [5, 5.41) is 0.464. The van der Waals surface area contributed by atoms with Gasteiger partial charge in [-0.15, -0.1) is 0 Å². The number of carbonyl (C=O) groups excluding carboxylic acids is 3. The smallest absolute Gasteiger partial charge is 0.310 e. The third-order valence-electron chi connectivity index (χ3n) is 5.67. The summed E-state index contributed by atoms with van der Waals surface area (Å²) in [7, 11) is 0. The first-order chi connectivity index (χ1) is 16.6. The van der Waals surface area contributed by atoms with E-state index in [4.69, 9.17) is 4.74 Å². The Bertz CT molecular complexity index is 1100. The molecule has 8 heteroatoms. The van der Waals surface area contributed by atoms with Gasteiger partial charge in [0, 0.05) is 13.1 Å². The molecule has 0 aromatic heterocycles. The van der Waals surface area contributed by atoms with E-state index in [2.05, 4.69) is 4.99 Å². The molecule has 0 bridgehead atoms. The number of aliphatic imine (C=N–C) groups is 1. The largest absolute Gasteiger partial charge is 0.466 e. The highest BCUT2D eigenvalue weighted by atomic mass is 32.2. The lowest BCUT2D eigenvalue weighted by Crippen LogP contribution is -2.44. The van der Waals surface area contributed by atoms with E-state index in [1.54, 1.807) is 22.8 Å². The van der Waals surface area contributed by atoms with Crippen LogP contribution in [-0.2, 0) is 19.1 Å². The zero-order chi connectivity index (χ0) is 23.9. The second kappa shape index (κ2) is 11.2. The topological polar surface area (TPSA) is 79.3 Å². The van der Waals surface area contributed by atoms with Crippen LogP contribution in [0.2, 0.25) is 0 Å². The number of likely N-dealkylation sites (tertiary alicyclic amines) is 1. The highest BCUT2D eigenvalue weighted by molar-refractivity contribution is 8.14. The molecule has 1 atom stereocenters. The summed E-state index contributed by atoms with van der Waals surface area (Å²) < 4.78 is 5.13. The molecule has 0 radical (unpaired) electrons. The third-order valence-corrected chi connectivity index (χ3v) is 6.59. The fourth-order valence-electron chi connectivity index (χ4n) is 3.98. The Morgan fingerprint density at radius 1 is 1.12 bits per heavy atom. The fraction of sp³-hybridized carbons (Fsp3) is 0.308. The zero-order valence-corrected chi connectivity index (χ0v) is 19.9. The molecule has 2 aromatic rings. The van der Waals surface area contributed by atoms with Crippen molar-refractivity contribution in [3.8, 4) is 0 Å². The summed E-state index contributed by atoms with van der Waals surface area (Å²) in [5.74, 6) is -0.712. The number of nitrogens with zero attached hydrogens (tertiary/aromatic N) is 3. The summed E-state index contributed by atoms with van der Waals surface area (Å²) in [4.78, 5) is 46.1. The molecule has 34 heavy (non-hydrogen) atoms. The maximum Gasteiger partial charge on any atom is 0.310 e. The van der Waals surface area contributed by atoms with Crippen molar-refractivity contribution in [3.63, 3.8) is 0 Å². The molecule has 2 aliphatic heterocycles. The third kappa shape index (κ3) is 5.56. The minimum Gasteiger partial charge on any atom is -0.466 e. The summed E-state index contributed by atoms with van der Waals surface area (Å²) >= 11 is 1.23. The molecule has 0 N–H and O–H groups in total. The van der Waals surface area contributed by atoms with E-state index in [0.29, 0.717) is 36.2 Å². The molecule has 0 spiro atoms. The second-order valence-corrected chi connectivity index (χ2v) is 8.97. The van der Waals surface area contributed by atoms with Gasteiger partial charge in [0.2, 0.25) is 5.91 Å². The second-order valence-electron chi connectivity index (χ2n) is 8.03. The van der Waals surface area contributed by atoms with Crippen LogP contribution in [0.5, 0.6) is 0 Å². The lowest BCUT2D eigenvalue weighted by molar-refractivity contribution is -0.151. The van der Waals surface area contributed by atoms with Crippen LogP contribution in [0, 0.1) is 5.92 Å². The van der Waals surface area contributed by atoms with Crippen LogP contribution in [0.25, 0.3) is 6.08 Å². The Balaban J connectivity index is 1.49. The molecule has 176 valence electrons. The highest BCUT2D eigenvalue weighted by Crippen LogP contribution is 2.29. The summed E-state index contributed by atoms with van der Waals surface area (Å²) in [6, 6.07) is 18.8. The average molecular weight is 478 g/mol. The lowest BCUT2D eigenvalue weighted by atomic mass is 9.98. The molecule has 7 nitrogen and oxygen atoms in total. The number of esters is 1. The first kappa shape index (κ1) is 23.8. The summed E-state index contributed by atoms with van der Waals surface area (Å²) in [6.45, 7) is 3.09. The number of rotatable bonds is 6. The molecule has 2 heterocycles. The number of para-hydroxylation sites is 1. The van der Waals surface area contributed by atoms with Gasteiger partial charge in [-0.25, -0.2) is 4.99 Å². The number of carbonyl (C=O) groups is 3. The molecule has 1 fully saturated rings. The van der Waals surface area contributed by atoms with Crippen molar-refractivity contribution in [3.05, 3.63) is 71.9 Å². The maximum absolute atomic E-state index is 13.2. The molecule has 0 aliphatic carbocycles. The molecule has 2 aliphatic rings. The number of anilines is 1. The molecule has 1 unspecified atom stereocenters. The number of amidine groups is 1. The van der Waals surface area contributed by atoms with Crippen molar-refractivity contribution in [2.45, 2.75) is 19.8 Å². The molecule has 2 aromatic carbocycles. The number of piperidine rings is 1. The number of hydrogen-bond acceptors (Lipinski definition) is 6. The Morgan fingerprint density at radius 3 is 2.53 bits per heavy atom. The molecular formula is C26H27N3O4S. The van der Waals surface area contributed by atoms with Gasteiger partial charge in [-0.1, -0.05) is 60.3 Å². The van der Waals surface area contributed by atoms with Gasteiger partial charge < -0.3 is 9.64 Å². The van der Waals surface area contributed by atoms with Crippen molar-refractivity contribution in [1.29, 1.82) is 0 Å². The molecular weight excluding hydrogens is 450 g/mol. The summed E-state index contributed by atoms with van der Waals surface area (Å²) in [5.41, 5.74) is 1.90. The SMILES string of the molecule is CCOC(=O)C1CCCN(C(=O)CSC2=N/C(=C/c3ccccc3)C(=O)N2c2ccccc2)C1. The van der Waals surface area contributed by atoms with Gasteiger partial charge in [0.25, 0.3) is 5.91 Å². The van der Waals surface area contributed by atoms with E-state index >= 15 is 0 Å². The van der Waals surface area contributed by atoms with Crippen molar-refractivity contribution in [2.75, 3.05) is 30.3 Å². The van der Waals surface area contributed by atoms with Crippen LogP contribution in [-0.4, -0.2) is 53.3 Å². The summed E-state index contributed by atoms with van der Waals surface area (Å²) in [6.07, 6.45) is 3.24. The number of thioether (sulfide) groups is 1. The van der Waals surface area contributed by atoms with E-state index in [-0.39, 0.29) is 29.5 Å². The quantitative estimate of drug-likeness (QED) is 0.465. The Labute approximate surface area is 203 Å². The normalized spacial score (nSPS) is 19.3. The molecule has 4 rings (SSSR count). The average Bonchev–Trinajstić information content (AvgIpc) is 3.18. The number of benzene rings is 2. The van der Waals surface area contributed by atoms with E-state index in [1.165, 1.54) is 11.8 Å². The Kier molecular flexibility index (Phi) is 7.80. The monoisotopic (exact) mass is 477 g/mol. The van der Waals surface area contributed by atoms with Gasteiger partial charge in [0.1, 0.15) is 5.70 Å². The van der Waals surface area contributed by atoms with E-state index < -0.39 is 0 Å². The van der Waals surface area contributed by atoms with E-state index in [1.807, 2.05) is 60.7 Å². The standard InChI is InChI=1S/C26H27N3O4S/c1-2-33-25(32)20-12-9-15-28(17-20)23(30)18-34-26-27-22(16-19-10-5-3-6-11-19)24(31)29(26)21-13-7-4-8-14-21/h3-8,10-11,13-14,16,20H,2,9,12,15,17-18H2,1H3/b22-16+. The van der Waals surface area contributed by atoms with E-state index in [9.17, 15) is 14.4 Å². The van der Waals surface area contributed by atoms with Gasteiger partial charge in [-0.3, -0.25) is 19.3 Å². The van der Waals surface area contributed by atoms with Crippen LogP contribution in [0.1, 0.15) is 25.3 Å². The fourth-order valence-corrected chi connectivity index (χ4v) is 4.89. The molecule has 1 saturated heterocycles. The molecule has 2 amide bonds. The first-order valence-corrected chi connectivity index (χ1v) is 12.4. The minimum atomic E-state index is -0.283. The van der Waals surface area contributed by atoms with Crippen molar-refractivity contribution >= 4 is 46.5 Å². The van der Waals surface area contributed by atoms with Gasteiger partial charge in [0.15, 0.2) is 5.17 Å². The van der Waals surface area contributed by atoms with Crippen LogP contribution in [0.3, 0.4) is 0 Å². The number of ether oxygens (including phenoxy) is 1. The van der Waals surface area contributed by atoms with Crippen molar-refractivity contribution in [1.82, 2.24) is 4.90 Å². The van der Waals surface area contributed by atoms with E-state index in [0.717, 1.165) is 18.4 Å². The van der Waals surface area contributed by atoms with Crippen LogP contribution in [0.4, 0.5) is 5.69 Å². The van der Waals surface area contributed by atoms with Crippen LogP contribution >= 0.6 is 11.8 Å². The minimum absolute atomic E-state index is 0.0809. The first-order valence-electron chi connectivity index (χ1n) is 11.4. The van der Waals surface area contributed by atoms with Gasteiger partial charge in [-0.2, -0.15) is 0 Å². The Morgan fingerprint density at radius 2 is 1.82 bits per heavy atom. The van der Waals surface area contributed by atoms with Crippen LogP contribution < -0.4 is 4.90 Å². The van der Waals surface area contributed by atoms with Gasteiger partial charge in [0.05, 0.1) is 24.0 Å². The Hall–Kier alpha value is -3.39. The van der Waals surface area contributed by atoms with Gasteiger partial charge in [-0.05, 0) is 43.5 Å². The number of hydrogen-bond donors (Lipinski definition) is 0. The zero-order valence-electron chi connectivity index (χ0n) is 19.1. The predicted octanol–water partition coefficient (Wildman–Crippen LogP) is 3.97. The number of amides is 2. The highest BCUT2D eigenvalue weighted by Gasteiger charge is 2.34. The maximum atomic E-state index is 13.2. The molecule has 0 saturated carbocycles. The van der Waals surface area contributed by atoms with Crippen molar-refractivity contribution in [2.24, 2.45) is 10.9 Å². The van der Waals surface area contributed by atoms with Crippen molar-refractivity contribution < 1.29 is 19.1 Å². The lowest BCUT2D eigenvalue weighted by Gasteiger charge is -2.31. The van der Waals surface area contributed by atoms with Crippen LogP contribution in [0.15, 0.2) is 71.4 Å².